The van der Waals surface area contributed by atoms with Crippen LogP contribution in [0.4, 0.5) is 4.79 Å². The van der Waals surface area contributed by atoms with Gasteiger partial charge in [-0.25, -0.2) is 19.2 Å². The third kappa shape index (κ3) is 18.8. The molecular weight excluding hydrogens is 1370 g/mol. The van der Waals surface area contributed by atoms with Crippen molar-refractivity contribution in [1.82, 2.24) is 68.7 Å². The van der Waals surface area contributed by atoms with Crippen LogP contribution in [0, 0.1) is 0 Å². The Morgan fingerprint density at radius 2 is 0.766 bits per heavy atom. The summed E-state index contributed by atoms with van der Waals surface area (Å²) < 4.78 is 33.4. The Morgan fingerprint density at radius 3 is 1.13 bits per heavy atom. The summed E-state index contributed by atoms with van der Waals surface area (Å²) in [6.45, 7) is 16.5. The van der Waals surface area contributed by atoms with E-state index in [-0.39, 0.29) is 78.8 Å². The quantitative estimate of drug-likeness (QED) is 0.0620. The zero-order valence-electron chi connectivity index (χ0n) is 63.0. The van der Waals surface area contributed by atoms with Gasteiger partial charge in [-0.15, -0.1) is 0 Å². The highest BCUT2D eigenvalue weighted by atomic mass is 16.6. The summed E-state index contributed by atoms with van der Waals surface area (Å²) in [4.78, 5) is 140. The Labute approximate surface area is 622 Å². The number of aryl methyl sites for hydroxylation is 3. The lowest BCUT2D eigenvalue weighted by atomic mass is 9.97. The van der Waals surface area contributed by atoms with Crippen molar-refractivity contribution in [3.8, 4) is 0 Å². The summed E-state index contributed by atoms with van der Waals surface area (Å²) in [7, 11) is 5.06. The molecule has 0 radical (unpaired) electrons. The number of imide groups is 3. The molecule has 11 heterocycles. The normalized spacial score (nSPS) is 22.7. The van der Waals surface area contributed by atoms with Crippen molar-refractivity contribution in [1.29, 1.82) is 0 Å². The van der Waals surface area contributed by atoms with Crippen molar-refractivity contribution in [2.45, 2.75) is 229 Å². The molecule has 8 saturated heterocycles. The third-order valence-corrected chi connectivity index (χ3v) is 22.4. The zero-order chi connectivity index (χ0) is 75.6. The highest BCUT2D eigenvalue weighted by Gasteiger charge is 2.37. The lowest BCUT2D eigenvalue weighted by Crippen LogP contribution is -2.45. The maximum absolute atomic E-state index is 13.2. The van der Waals surface area contributed by atoms with Crippen LogP contribution in [0.15, 0.2) is 69.0 Å². The molecule has 107 heavy (non-hydrogen) atoms. The number of rotatable bonds is 14. The molecule has 29 nitrogen and oxygen atoms in total. The van der Waals surface area contributed by atoms with Gasteiger partial charge >= 0.3 is 23.2 Å². The molecule has 3 aromatic heterocycles. The third-order valence-electron chi connectivity index (χ3n) is 22.4. The van der Waals surface area contributed by atoms with Crippen molar-refractivity contribution >= 4 is 80.9 Å². The monoisotopic (exact) mass is 1480 g/mol. The highest BCUT2D eigenvalue weighted by molar-refractivity contribution is 6.02. The van der Waals surface area contributed by atoms with Crippen molar-refractivity contribution in [2.75, 3.05) is 65.4 Å². The molecule has 15 rings (SSSR count). The van der Waals surface area contributed by atoms with E-state index in [0.29, 0.717) is 79.8 Å². The predicted octanol–water partition coefficient (Wildman–Crippen LogP) is 5.97. The van der Waals surface area contributed by atoms with E-state index in [9.17, 15) is 52.7 Å². The first kappa shape index (κ1) is 78.1. The van der Waals surface area contributed by atoms with Gasteiger partial charge < -0.3 is 34.5 Å². The van der Waals surface area contributed by atoms with Crippen LogP contribution < -0.4 is 43.7 Å². The summed E-state index contributed by atoms with van der Waals surface area (Å²) in [5, 5.41) is 13.7. The number of carbonyl (C=O) groups is 8. The molecule has 7 amide bonds. The van der Waals surface area contributed by atoms with Crippen molar-refractivity contribution in [3.63, 3.8) is 0 Å². The number of piperidine rings is 8. The molecule has 0 spiro atoms. The maximum Gasteiger partial charge on any atom is 0.410 e. The summed E-state index contributed by atoms with van der Waals surface area (Å²) >= 11 is 0. The van der Waals surface area contributed by atoms with E-state index >= 15 is 0 Å². The number of likely N-dealkylation sites (tertiary alicyclic amines) is 3. The van der Waals surface area contributed by atoms with E-state index in [1.165, 1.54) is 58.6 Å². The second kappa shape index (κ2) is 35.3. The fourth-order valence-corrected chi connectivity index (χ4v) is 16.8. The first-order valence-electron chi connectivity index (χ1n) is 38.8. The Hall–Kier alpha value is -8.45. The number of aromatic nitrogens is 6. The number of nitrogens with zero attached hydrogens (tertiary/aromatic N) is 9. The molecular formula is C78H108N14O15. The Morgan fingerprint density at radius 1 is 0.430 bits per heavy atom. The minimum absolute atomic E-state index is 0.158. The van der Waals surface area contributed by atoms with Crippen LogP contribution in [-0.2, 0) is 81.9 Å². The largest absolute Gasteiger partial charge is 0.444 e. The molecule has 1 aliphatic carbocycles. The lowest BCUT2D eigenvalue weighted by Gasteiger charge is -2.37. The van der Waals surface area contributed by atoms with Gasteiger partial charge in [0, 0.05) is 98.3 Å². The molecule has 29 heteroatoms. The molecule has 5 N–H and O–H groups in total. The maximum atomic E-state index is 13.2. The van der Waals surface area contributed by atoms with Crippen molar-refractivity contribution in [2.24, 2.45) is 21.1 Å². The van der Waals surface area contributed by atoms with Gasteiger partial charge in [0.2, 0.25) is 35.4 Å². The number of benzene rings is 3. The predicted molar refractivity (Wildman–Crippen MR) is 401 cm³/mol. The number of amides is 7. The van der Waals surface area contributed by atoms with Gasteiger partial charge in [-0.1, -0.05) is 49.6 Å². The number of ether oxygens (including phenoxy) is 4. The Balaban J connectivity index is 0.000000143. The molecule has 6 aromatic rings. The van der Waals surface area contributed by atoms with Crippen LogP contribution >= 0.6 is 0 Å². The van der Waals surface area contributed by atoms with Gasteiger partial charge in [0.25, 0.3) is 0 Å². The van der Waals surface area contributed by atoms with E-state index in [1.807, 2.05) is 51.1 Å². The fraction of sp³-hybridized carbons (Fsp3) is 0.628. The first-order valence-corrected chi connectivity index (χ1v) is 38.8. The Kier molecular flexibility index (Phi) is 25.8. The summed E-state index contributed by atoms with van der Waals surface area (Å²) in [6, 6.07) is 14.6. The number of hydrogen-bond acceptors (Lipinski definition) is 19. The minimum Gasteiger partial charge on any atom is -0.444 e. The molecule has 9 aliphatic rings. The van der Waals surface area contributed by atoms with Gasteiger partial charge in [0.15, 0.2) is 6.29 Å². The van der Waals surface area contributed by atoms with Gasteiger partial charge in [0.1, 0.15) is 23.7 Å². The summed E-state index contributed by atoms with van der Waals surface area (Å²) in [5.74, 6) is -2.22. The summed E-state index contributed by atoms with van der Waals surface area (Å²) in [6.07, 6.45) is 21.2. The van der Waals surface area contributed by atoms with Crippen LogP contribution in [-0.4, -0.2) is 198 Å². The SMILES string of the molecule is C1CCC(OC2CCNCC2)CC1.Cn1c(=O)n(C2CCC(=O)NC2=O)c2cccc(C=O)c21.Cn1c(=O)n(C2CCC(=O)NC2=O)c2cccc(CN3CCC(OC4CCN(C(=O)OC(C)(C)C)CC4)CC3)c21.Cn1c(=O)n(C2CCC(=O)NC2=O)c2cccc(CN3CCC(OC4CCNCC4)CC3)c21. The van der Waals surface area contributed by atoms with E-state index in [2.05, 4.69) is 42.5 Å². The number of hydrogen-bond donors (Lipinski definition) is 5. The molecule has 0 bridgehead atoms. The number of imidazole rings is 3. The van der Waals surface area contributed by atoms with E-state index < -0.39 is 41.4 Å². The van der Waals surface area contributed by atoms with Crippen molar-refractivity contribution < 1.29 is 57.3 Å². The molecule has 580 valence electrons. The fourth-order valence-electron chi connectivity index (χ4n) is 16.8. The van der Waals surface area contributed by atoms with Gasteiger partial charge in [-0.05, 0) is 179 Å². The number of fused-ring (bicyclic) bond motifs is 3. The second-order valence-corrected chi connectivity index (χ2v) is 31.1. The van der Waals surface area contributed by atoms with E-state index in [1.54, 1.807) is 57.9 Å². The lowest BCUT2D eigenvalue weighted by molar-refractivity contribution is -0.137. The smallest absolute Gasteiger partial charge is 0.410 e. The van der Waals surface area contributed by atoms with Crippen LogP contribution in [0.25, 0.3) is 33.1 Å². The average Bonchev–Trinajstić information content (AvgIpc) is 1.62. The molecule has 3 atom stereocenters. The van der Waals surface area contributed by atoms with E-state index in [4.69, 9.17) is 18.9 Å². The Bertz CT molecular complexity index is 4370. The molecule has 3 aromatic carbocycles. The van der Waals surface area contributed by atoms with Crippen LogP contribution in [0.3, 0.4) is 0 Å². The average molecular weight is 1480 g/mol. The molecule has 8 aliphatic heterocycles. The summed E-state index contributed by atoms with van der Waals surface area (Å²) in [5.41, 5.74) is 5.32. The first-order chi connectivity index (χ1) is 51.5. The molecule has 1 saturated carbocycles. The van der Waals surface area contributed by atoms with Crippen LogP contribution in [0.2, 0.25) is 0 Å². The second-order valence-electron chi connectivity index (χ2n) is 31.1. The van der Waals surface area contributed by atoms with Gasteiger partial charge in [-0.3, -0.25) is 86.7 Å². The van der Waals surface area contributed by atoms with E-state index in [0.717, 1.165) is 143 Å². The zero-order valence-corrected chi connectivity index (χ0v) is 63.0. The minimum atomic E-state index is -0.735. The number of nitrogens with one attached hydrogen (secondary N) is 5. The number of para-hydroxylation sites is 3. The van der Waals surface area contributed by atoms with Gasteiger partial charge in [-0.2, -0.15) is 0 Å². The molecule has 3 unspecified atom stereocenters. The van der Waals surface area contributed by atoms with Gasteiger partial charge in [0.05, 0.1) is 69.7 Å². The highest BCUT2D eigenvalue weighted by Crippen LogP contribution is 2.32. The van der Waals surface area contributed by atoms with Crippen LogP contribution in [0.5, 0.6) is 0 Å². The molecule has 9 fully saturated rings. The standard InChI is InChI=1S/C29H41N5O6.C24H33N5O4.C14H13N3O4.C11H21NO/c1-29(2,3)40-28(38)33-16-12-21(13-17-33)39-20-10-14-32(15-11-20)18-19-6-5-7-22-25(19)31(4)27(37)34(22)23-8-9-24(35)30-26(23)36;1-27-22-16(15-28-13-9-18(10-14-28)33-17-7-11-25-12-8-17)3-2-4-19(22)29(24(27)32)20-5-6-21(30)26-23(20)31;1-16-12-8(7-18)3-2-4-9(12)17(14(16)21)10-5-6-11(19)15-13(10)20;1-2-4-10(5-3-1)13-11-6-8-12-9-7-11/h5-7,20-21,23H,8-18H2,1-4H3,(H,30,35,36);2-4,17-18,20,25H,5-15H2,1H3,(H,26,30,31);2-4,7,10H,5-6H2,1H3,(H,15,19,20);10-12H,1-9H2. The topological polar surface area (TPSA) is 324 Å². The number of aldehydes is 1. The van der Waals surface area contributed by atoms with Crippen LogP contribution in [0.1, 0.15) is 195 Å². The van der Waals surface area contributed by atoms with Crippen molar-refractivity contribution in [3.05, 3.63) is 103 Å². The number of carbonyl (C=O) groups excluding carboxylic acids is 8.